The molecule has 1 fully saturated rings. The van der Waals surface area contributed by atoms with Crippen LogP contribution in [-0.2, 0) is 19.5 Å². The van der Waals surface area contributed by atoms with Gasteiger partial charge in [0, 0.05) is 24.5 Å². The molecule has 0 amide bonds. The maximum atomic E-state index is 6.34. The summed E-state index contributed by atoms with van der Waals surface area (Å²) >= 11 is 12.3. The molecule has 2 rings (SSSR count). The summed E-state index contributed by atoms with van der Waals surface area (Å²) in [6.45, 7) is 5.77. The van der Waals surface area contributed by atoms with E-state index in [0.717, 1.165) is 48.8 Å². The average Bonchev–Trinajstić information content (AvgIpc) is 3.07. The van der Waals surface area contributed by atoms with Crippen LogP contribution >= 0.6 is 23.2 Å². The number of aryl methyl sites for hydroxylation is 2. The van der Waals surface area contributed by atoms with Crippen LogP contribution < -0.4 is 5.32 Å². The van der Waals surface area contributed by atoms with Gasteiger partial charge in [0.1, 0.15) is 0 Å². The van der Waals surface area contributed by atoms with E-state index in [0.29, 0.717) is 5.88 Å². The number of rotatable bonds is 6. The second kappa shape index (κ2) is 5.17. The van der Waals surface area contributed by atoms with Crippen molar-refractivity contribution in [2.75, 3.05) is 5.88 Å². The predicted octanol–water partition coefficient (Wildman–Crippen LogP) is 2.98. The second-order valence-corrected chi connectivity index (χ2v) is 5.29. The molecule has 1 aliphatic carbocycles. The molecule has 0 spiro atoms. The molecule has 96 valence electrons. The molecule has 1 aliphatic rings. The molecule has 3 nitrogen and oxygen atoms in total. The monoisotopic (exact) mass is 275 g/mol. The molecule has 17 heavy (non-hydrogen) atoms. The van der Waals surface area contributed by atoms with E-state index in [4.69, 9.17) is 23.2 Å². The quantitative estimate of drug-likeness (QED) is 0.809. The Balaban J connectivity index is 2.11. The minimum Gasteiger partial charge on any atom is -0.304 e. The summed E-state index contributed by atoms with van der Waals surface area (Å²) in [6.07, 6.45) is 3.20. The zero-order valence-electron chi connectivity index (χ0n) is 10.4. The topological polar surface area (TPSA) is 29.9 Å². The van der Waals surface area contributed by atoms with Gasteiger partial charge in [-0.25, -0.2) is 0 Å². The van der Waals surface area contributed by atoms with Crippen LogP contribution in [0.5, 0.6) is 0 Å². The van der Waals surface area contributed by atoms with Gasteiger partial charge >= 0.3 is 0 Å². The summed E-state index contributed by atoms with van der Waals surface area (Å²) in [5.41, 5.74) is 2.23. The molecule has 0 aromatic carbocycles. The van der Waals surface area contributed by atoms with E-state index < -0.39 is 0 Å². The third-order valence-electron chi connectivity index (χ3n) is 3.43. The van der Waals surface area contributed by atoms with Gasteiger partial charge in [-0.1, -0.05) is 18.5 Å². The number of nitrogens with zero attached hydrogens (tertiary/aromatic N) is 2. The zero-order valence-corrected chi connectivity index (χ0v) is 11.9. The van der Waals surface area contributed by atoms with Gasteiger partial charge in [-0.2, -0.15) is 5.10 Å². The van der Waals surface area contributed by atoms with Crippen LogP contribution in [0.2, 0.25) is 5.02 Å². The van der Waals surface area contributed by atoms with Crippen molar-refractivity contribution in [1.29, 1.82) is 0 Å². The van der Waals surface area contributed by atoms with Gasteiger partial charge in [0.15, 0.2) is 0 Å². The second-order valence-electron chi connectivity index (χ2n) is 4.64. The van der Waals surface area contributed by atoms with Crippen LogP contribution in [0.25, 0.3) is 0 Å². The highest BCUT2D eigenvalue weighted by atomic mass is 35.5. The highest BCUT2D eigenvalue weighted by Gasteiger charge is 2.41. The van der Waals surface area contributed by atoms with Crippen molar-refractivity contribution in [2.45, 2.75) is 51.7 Å². The fourth-order valence-corrected chi connectivity index (χ4v) is 2.66. The van der Waals surface area contributed by atoms with Gasteiger partial charge in [-0.05, 0) is 26.2 Å². The van der Waals surface area contributed by atoms with Crippen LogP contribution in [0.1, 0.15) is 38.1 Å². The molecule has 0 atom stereocenters. The fourth-order valence-electron chi connectivity index (χ4n) is 1.97. The number of nitrogens with one attached hydrogen (secondary N) is 1. The smallest absolute Gasteiger partial charge is 0.0863 e. The molecule has 1 heterocycles. The van der Waals surface area contributed by atoms with E-state index >= 15 is 0 Å². The lowest BCUT2D eigenvalue weighted by Gasteiger charge is -2.14. The molecule has 1 saturated carbocycles. The van der Waals surface area contributed by atoms with Crippen molar-refractivity contribution in [3.8, 4) is 0 Å². The Morgan fingerprint density at radius 1 is 1.41 bits per heavy atom. The SMILES string of the molecule is CCc1nn(CC)c(CNC2(CCl)CC2)c1Cl. The van der Waals surface area contributed by atoms with Crippen molar-refractivity contribution in [1.82, 2.24) is 15.1 Å². The van der Waals surface area contributed by atoms with E-state index in [9.17, 15) is 0 Å². The summed E-state index contributed by atoms with van der Waals surface area (Å²) in [4.78, 5) is 0. The first-order valence-corrected chi connectivity index (χ1v) is 7.12. The largest absolute Gasteiger partial charge is 0.304 e. The van der Waals surface area contributed by atoms with Crippen LogP contribution in [0.3, 0.4) is 0 Å². The molecule has 0 saturated heterocycles. The van der Waals surface area contributed by atoms with E-state index in [1.807, 2.05) is 4.68 Å². The molecule has 1 aromatic rings. The van der Waals surface area contributed by atoms with E-state index in [1.165, 1.54) is 0 Å². The standard InChI is InChI=1S/C12H19Cl2N3/c1-3-9-11(14)10(17(4-2)16-9)7-15-12(8-13)5-6-12/h15H,3-8H2,1-2H3. The summed E-state index contributed by atoms with van der Waals surface area (Å²) in [7, 11) is 0. The third kappa shape index (κ3) is 2.61. The molecular formula is C12H19Cl2N3. The zero-order chi connectivity index (χ0) is 12.5. The fraction of sp³-hybridized carbons (Fsp3) is 0.750. The van der Waals surface area contributed by atoms with Gasteiger partial charge < -0.3 is 5.32 Å². The van der Waals surface area contributed by atoms with Crippen LogP contribution in [-0.4, -0.2) is 21.2 Å². The van der Waals surface area contributed by atoms with Gasteiger partial charge in [0.25, 0.3) is 0 Å². The van der Waals surface area contributed by atoms with E-state index in [1.54, 1.807) is 0 Å². The van der Waals surface area contributed by atoms with Crippen LogP contribution in [0.4, 0.5) is 0 Å². The average molecular weight is 276 g/mol. The van der Waals surface area contributed by atoms with Gasteiger partial charge in [-0.3, -0.25) is 4.68 Å². The first-order chi connectivity index (χ1) is 8.15. The molecule has 0 bridgehead atoms. The Bertz CT molecular complexity index is 397. The maximum absolute atomic E-state index is 6.34. The number of aromatic nitrogens is 2. The van der Waals surface area contributed by atoms with Crippen molar-refractivity contribution in [3.63, 3.8) is 0 Å². The van der Waals surface area contributed by atoms with Crippen LogP contribution in [0.15, 0.2) is 0 Å². The Morgan fingerprint density at radius 3 is 2.59 bits per heavy atom. The molecule has 1 aromatic heterocycles. The lowest BCUT2D eigenvalue weighted by Crippen LogP contribution is -2.33. The first-order valence-electron chi connectivity index (χ1n) is 6.21. The molecule has 0 unspecified atom stereocenters. The minimum atomic E-state index is 0.153. The van der Waals surface area contributed by atoms with Gasteiger partial charge in [-0.15, -0.1) is 11.6 Å². The van der Waals surface area contributed by atoms with E-state index in [-0.39, 0.29) is 5.54 Å². The molecule has 1 N–H and O–H groups in total. The van der Waals surface area contributed by atoms with Gasteiger partial charge in [0.05, 0.1) is 16.4 Å². The minimum absolute atomic E-state index is 0.153. The third-order valence-corrected chi connectivity index (χ3v) is 4.38. The first kappa shape index (κ1) is 13.2. The summed E-state index contributed by atoms with van der Waals surface area (Å²) in [5.74, 6) is 0.672. The summed E-state index contributed by atoms with van der Waals surface area (Å²) < 4.78 is 1.98. The Morgan fingerprint density at radius 2 is 2.12 bits per heavy atom. The molecule has 5 heteroatoms. The highest BCUT2D eigenvalue weighted by molar-refractivity contribution is 6.31. The van der Waals surface area contributed by atoms with Gasteiger partial charge in [0.2, 0.25) is 0 Å². The number of hydrogen-bond acceptors (Lipinski definition) is 2. The highest BCUT2D eigenvalue weighted by Crippen LogP contribution is 2.37. The number of halogens is 2. The number of alkyl halides is 1. The van der Waals surface area contributed by atoms with Crippen molar-refractivity contribution >= 4 is 23.2 Å². The molecule has 0 aliphatic heterocycles. The number of hydrogen-bond donors (Lipinski definition) is 1. The van der Waals surface area contributed by atoms with Crippen molar-refractivity contribution < 1.29 is 0 Å². The molecular weight excluding hydrogens is 257 g/mol. The lowest BCUT2D eigenvalue weighted by molar-refractivity contribution is 0.509. The van der Waals surface area contributed by atoms with Crippen molar-refractivity contribution in [3.05, 3.63) is 16.4 Å². The Kier molecular flexibility index (Phi) is 4.01. The lowest BCUT2D eigenvalue weighted by atomic mass is 10.2. The predicted molar refractivity (Wildman–Crippen MR) is 71.8 cm³/mol. The maximum Gasteiger partial charge on any atom is 0.0863 e. The van der Waals surface area contributed by atoms with E-state index in [2.05, 4.69) is 24.3 Å². The Labute approximate surface area is 112 Å². The normalized spacial score (nSPS) is 17.4. The molecule has 0 radical (unpaired) electrons. The van der Waals surface area contributed by atoms with Crippen molar-refractivity contribution in [2.24, 2.45) is 0 Å². The van der Waals surface area contributed by atoms with Crippen LogP contribution in [0, 0.1) is 0 Å². The Hall–Kier alpha value is -0.250. The summed E-state index contributed by atoms with van der Waals surface area (Å²) in [6, 6.07) is 0. The summed E-state index contributed by atoms with van der Waals surface area (Å²) in [5, 5.41) is 8.83.